The molecule has 17 heavy (non-hydrogen) atoms. The third-order valence-corrected chi connectivity index (χ3v) is 4.01. The van der Waals surface area contributed by atoms with Gasteiger partial charge in [0.1, 0.15) is 11.7 Å². The second-order valence-electron chi connectivity index (χ2n) is 4.89. The van der Waals surface area contributed by atoms with Crippen LogP contribution in [-0.2, 0) is 12.8 Å². The predicted octanol–water partition coefficient (Wildman–Crippen LogP) is 1.11. The second kappa shape index (κ2) is 3.22. The summed E-state index contributed by atoms with van der Waals surface area (Å²) in [5, 5.41) is 3.33. The van der Waals surface area contributed by atoms with Crippen molar-refractivity contribution in [1.29, 1.82) is 0 Å². The molecule has 1 unspecified atom stereocenters. The number of benzene rings is 1. The van der Waals surface area contributed by atoms with E-state index in [1.807, 2.05) is 6.07 Å². The molecule has 88 valence electrons. The quantitative estimate of drug-likeness (QED) is 0.784. The molecule has 1 N–H and O–H groups in total. The number of rotatable bonds is 1. The fraction of sp³-hybridized carbons (Fsp3) is 0.462. The van der Waals surface area contributed by atoms with Crippen molar-refractivity contribution in [2.75, 3.05) is 24.5 Å². The van der Waals surface area contributed by atoms with Gasteiger partial charge in [-0.1, -0.05) is 6.07 Å². The second-order valence-corrected chi connectivity index (χ2v) is 4.89. The Kier molecular flexibility index (Phi) is 1.79. The van der Waals surface area contributed by atoms with Gasteiger partial charge < -0.3 is 10.2 Å². The van der Waals surface area contributed by atoms with Crippen LogP contribution in [0.1, 0.15) is 11.1 Å². The van der Waals surface area contributed by atoms with Gasteiger partial charge in [0, 0.05) is 30.8 Å². The first-order valence-electron chi connectivity index (χ1n) is 6.20. The zero-order valence-electron chi connectivity index (χ0n) is 9.54. The molecule has 0 bridgehead atoms. The SMILES string of the molecule is Fc1ccc2c3c1CC(C1=NCCN1)N3CC2. The molecule has 0 aliphatic carbocycles. The lowest BCUT2D eigenvalue weighted by molar-refractivity contribution is 0.611. The van der Waals surface area contributed by atoms with E-state index in [4.69, 9.17) is 0 Å². The summed E-state index contributed by atoms with van der Waals surface area (Å²) in [4.78, 5) is 6.82. The molecule has 3 aliphatic rings. The van der Waals surface area contributed by atoms with E-state index in [1.165, 1.54) is 5.56 Å². The molecule has 4 heteroatoms. The van der Waals surface area contributed by atoms with E-state index in [0.717, 1.165) is 49.6 Å². The largest absolute Gasteiger partial charge is 0.370 e. The molecule has 0 aromatic heterocycles. The highest BCUT2D eigenvalue weighted by Crippen LogP contribution is 2.41. The summed E-state index contributed by atoms with van der Waals surface area (Å²) in [6.07, 6.45) is 1.80. The van der Waals surface area contributed by atoms with Crippen LogP contribution in [0.3, 0.4) is 0 Å². The highest BCUT2D eigenvalue weighted by molar-refractivity contribution is 5.94. The Balaban J connectivity index is 1.81. The topological polar surface area (TPSA) is 27.6 Å². The Morgan fingerprint density at radius 3 is 3.18 bits per heavy atom. The van der Waals surface area contributed by atoms with Gasteiger partial charge in [-0.25, -0.2) is 4.39 Å². The zero-order valence-corrected chi connectivity index (χ0v) is 9.54. The van der Waals surface area contributed by atoms with Crippen molar-refractivity contribution in [2.24, 2.45) is 4.99 Å². The molecular formula is C13H14FN3. The van der Waals surface area contributed by atoms with Crippen molar-refractivity contribution in [3.05, 3.63) is 29.1 Å². The third-order valence-electron chi connectivity index (χ3n) is 4.01. The Bertz CT molecular complexity index is 524. The maximum absolute atomic E-state index is 13.8. The molecule has 3 heterocycles. The molecule has 1 aromatic carbocycles. The van der Waals surface area contributed by atoms with Crippen LogP contribution >= 0.6 is 0 Å². The molecule has 4 rings (SSSR count). The van der Waals surface area contributed by atoms with Crippen LogP contribution in [-0.4, -0.2) is 31.5 Å². The van der Waals surface area contributed by atoms with E-state index >= 15 is 0 Å². The summed E-state index contributed by atoms with van der Waals surface area (Å²) in [5.74, 6) is 0.991. The maximum Gasteiger partial charge on any atom is 0.128 e. The lowest BCUT2D eigenvalue weighted by atomic mass is 10.0. The van der Waals surface area contributed by atoms with Crippen LogP contribution in [0.4, 0.5) is 10.1 Å². The molecule has 0 radical (unpaired) electrons. The number of hydrogen-bond donors (Lipinski definition) is 1. The van der Waals surface area contributed by atoms with Gasteiger partial charge in [0.05, 0.1) is 12.6 Å². The number of nitrogens with zero attached hydrogens (tertiary/aromatic N) is 2. The molecule has 0 spiro atoms. The standard InChI is InChI=1S/C13H14FN3/c14-10-2-1-8-3-6-17-11(7-9(10)12(8)17)13-15-4-5-16-13/h1-2,11H,3-7H2,(H,15,16). The van der Waals surface area contributed by atoms with Gasteiger partial charge in [-0.15, -0.1) is 0 Å². The highest BCUT2D eigenvalue weighted by atomic mass is 19.1. The molecule has 0 saturated heterocycles. The average Bonchev–Trinajstić information content (AvgIpc) is 3.03. The smallest absolute Gasteiger partial charge is 0.128 e. The molecule has 1 aromatic rings. The highest BCUT2D eigenvalue weighted by Gasteiger charge is 2.39. The van der Waals surface area contributed by atoms with Crippen LogP contribution in [0.5, 0.6) is 0 Å². The minimum Gasteiger partial charge on any atom is -0.370 e. The minimum atomic E-state index is -0.0586. The van der Waals surface area contributed by atoms with Crippen LogP contribution < -0.4 is 10.2 Å². The summed E-state index contributed by atoms with van der Waals surface area (Å²) < 4.78 is 13.8. The molecule has 3 nitrogen and oxygen atoms in total. The van der Waals surface area contributed by atoms with Crippen molar-refractivity contribution in [3.63, 3.8) is 0 Å². The van der Waals surface area contributed by atoms with E-state index in [-0.39, 0.29) is 11.9 Å². The van der Waals surface area contributed by atoms with Crippen molar-refractivity contribution in [1.82, 2.24) is 5.32 Å². The predicted molar refractivity (Wildman–Crippen MR) is 65.2 cm³/mol. The van der Waals surface area contributed by atoms with Crippen molar-refractivity contribution in [3.8, 4) is 0 Å². The summed E-state index contributed by atoms with van der Waals surface area (Å²) in [5.41, 5.74) is 3.33. The van der Waals surface area contributed by atoms with Crippen molar-refractivity contribution in [2.45, 2.75) is 18.9 Å². The van der Waals surface area contributed by atoms with Crippen molar-refractivity contribution < 1.29 is 4.39 Å². The van der Waals surface area contributed by atoms with Gasteiger partial charge in [0.2, 0.25) is 0 Å². The van der Waals surface area contributed by atoms with E-state index < -0.39 is 0 Å². The first-order valence-corrected chi connectivity index (χ1v) is 6.20. The Morgan fingerprint density at radius 2 is 2.35 bits per heavy atom. The van der Waals surface area contributed by atoms with Crippen LogP contribution in [0, 0.1) is 5.82 Å². The normalized spacial score (nSPS) is 24.9. The van der Waals surface area contributed by atoms with Crippen LogP contribution in [0.2, 0.25) is 0 Å². The van der Waals surface area contributed by atoms with E-state index in [9.17, 15) is 4.39 Å². The molecule has 0 saturated carbocycles. The molecule has 0 fully saturated rings. The van der Waals surface area contributed by atoms with Gasteiger partial charge in [0.25, 0.3) is 0 Å². The fourth-order valence-electron chi connectivity index (χ4n) is 3.27. The van der Waals surface area contributed by atoms with E-state index in [0.29, 0.717) is 0 Å². The Morgan fingerprint density at radius 1 is 1.41 bits per heavy atom. The Hall–Kier alpha value is -1.58. The third kappa shape index (κ3) is 1.18. The van der Waals surface area contributed by atoms with Crippen LogP contribution in [0.25, 0.3) is 0 Å². The van der Waals surface area contributed by atoms with Gasteiger partial charge in [0.15, 0.2) is 0 Å². The number of hydrogen-bond acceptors (Lipinski definition) is 3. The van der Waals surface area contributed by atoms with Crippen LogP contribution in [0.15, 0.2) is 17.1 Å². The Labute approximate surface area is 99.3 Å². The van der Waals surface area contributed by atoms with Gasteiger partial charge in [-0.05, 0) is 18.1 Å². The molecule has 3 aliphatic heterocycles. The zero-order chi connectivity index (χ0) is 11.4. The minimum absolute atomic E-state index is 0.0586. The van der Waals surface area contributed by atoms with Gasteiger partial charge in [-0.3, -0.25) is 4.99 Å². The summed E-state index contributed by atoms with van der Waals surface area (Å²) >= 11 is 0. The summed E-state index contributed by atoms with van der Waals surface area (Å²) in [6, 6.07) is 3.79. The average molecular weight is 231 g/mol. The van der Waals surface area contributed by atoms with E-state index in [1.54, 1.807) is 6.07 Å². The summed E-state index contributed by atoms with van der Waals surface area (Å²) in [6.45, 7) is 2.77. The monoisotopic (exact) mass is 231 g/mol. The number of anilines is 1. The first kappa shape index (κ1) is 9.45. The lowest BCUT2D eigenvalue weighted by Crippen LogP contribution is -2.43. The lowest BCUT2D eigenvalue weighted by Gasteiger charge is -2.23. The van der Waals surface area contributed by atoms with Gasteiger partial charge >= 0.3 is 0 Å². The summed E-state index contributed by atoms with van der Waals surface area (Å²) in [7, 11) is 0. The van der Waals surface area contributed by atoms with Gasteiger partial charge in [-0.2, -0.15) is 0 Å². The fourth-order valence-corrected chi connectivity index (χ4v) is 3.27. The van der Waals surface area contributed by atoms with Crippen molar-refractivity contribution >= 4 is 11.5 Å². The number of halogens is 1. The number of aliphatic imine (C=N–C) groups is 1. The molecular weight excluding hydrogens is 217 g/mol. The van der Waals surface area contributed by atoms with E-state index in [2.05, 4.69) is 15.2 Å². The number of amidine groups is 1. The maximum atomic E-state index is 13.8. The molecule has 1 atom stereocenters. The molecule has 0 amide bonds. The number of nitrogens with one attached hydrogen (secondary N) is 1. The first-order chi connectivity index (χ1) is 8.34.